The maximum atomic E-state index is 13.7. The van der Waals surface area contributed by atoms with Gasteiger partial charge in [0.25, 0.3) is 5.91 Å². The summed E-state index contributed by atoms with van der Waals surface area (Å²) in [7, 11) is 0. The number of phenolic OH excluding ortho intramolecular Hbond substituents is 1. The minimum Gasteiger partial charge on any atom is -0.508 e. The van der Waals surface area contributed by atoms with Gasteiger partial charge in [0.2, 0.25) is 5.91 Å². The molecule has 9 heteroatoms. The minimum absolute atomic E-state index is 0.0993. The maximum Gasteiger partial charge on any atom is 0.329 e. The highest BCUT2D eigenvalue weighted by molar-refractivity contribution is 6.05. The van der Waals surface area contributed by atoms with Crippen LogP contribution in [0.15, 0.2) is 36.4 Å². The molecule has 0 radical (unpaired) electrons. The largest absolute Gasteiger partial charge is 0.508 e. The Morgan fingerprint density at radius 1 is 1.12 bits per heavy atom. The molecule has 33 heavy (non-hydrogen) atoms. The Labute approximate surface area is 188 Å². The molecule has 0 fully saturated rings. The number of carboxylic acid groups (broad SMARTS) is 1. The number of hydrogen-bond acceptors (Lipinski definition) is 4. The second-order valence-electron chi connectivity index (χ2n) is 8.17. The molecule has 1 unspecified atom stereocenters. The average molecular weight is 458 g/mol. The Hall–Kier alpha value is -3.75. The Balaban J connectivity index is 2.15. The van der Waals surface area contributed by atoms with Crippen LogP contribution in [0, 0.1) is 18.6 Å². The van der Waals surface area contributed by atoms with Crippen LogP contribution in [0.25, 0.3) is 10.9 Å². The van der Waals surface area contributed by atoms with Crippen LogP contribution in [0.3, 0.4) is 0 Å². The first-order valence-corrected chi connectivity index (χ1v) is 10.3. The molecule has 0 saturated carbocycles. The standard InChI is InChI=1S/C24H24F2N2O5/c1-5-24(4,23(32)33)27-21(30)12(2)20-13(3)28(19-9-7-15(29)11-16(19)20)22(31)14-6-8-17(25)18(26)10-14/h6-12,29H,5H2,1-4H3,(H,27,30)(H,32,33)/t12-,24?/m1/s1. The van der Waals surface area contributed by atoms with Crippen molar-refractivity contribution in [2.24, 2.45) is 0 Å². The van der Waals surface area contributed by atoms with E-state index in [1.54, 1.807) is 20.8 Å². The molecular formula is C24H24F2N2O5. The third-order valence-electron chi connectivity index (χ3n) is 6.01. The molecule has 1 heterocycles. The minimum atomic E-state index is -1.48. The summed E-state index contributed by atoms with van der Waals surface area (Å²) in [4.78, 5) is 37.9. The van der Waals surface area contributed by atoms with E-state index in [2.05, 4.69) is 5.32 Å². The fraction of sp³-hybridized carbons (Fsp3) is 0.292. The molecule has 0 aliphatic carbocycles. The number of nitrogens with zero attached hydrogens (tertiary/aromatic N) is 1. The molecule has 0 aliphatic rings. The van der Waals surface area contributed by atoms with E-state index in [1.807, 2.05) is 0 Å². The molecule has 1 aromatic heterocycles. The molecule has 3 N–H and O–H groups in total. The Kier molecular flexibility index (Phi) is 6.26. The SMILES string of the molecule is CCC(C)(NC(=O)[C@H](C)c1c(C)n(C(=O)c2ccc(F)c(F)c2)c2ccc(O)cc12)C(=O)O. The van der Waals surface area contributed by atoms with Crippen LogP contribution >= 0.6 is 0 Å². The number of fused-ring (bicyclic) bond motifs is 1. The third-order valence-corrected chi connectivity index (χ3v) is 6.01. The van der Waals surface area contributed by atoms with Crippen LogP contribution in [-0.2, 0) is 9.59 Å². The molecule has 7 nitrogen and oxygen atoms in total. The van der Waals surface area contributed by atoms with E-state index >= 15 is 0 Å². The Bertz CT molecular complexity index is 1280. The zero-order valence-electron chi connectivity index (χ0n) is 18.6. The van der Waals surface area contributed by atoms with Crippen molar-refractivity contribution in [3.8, 4) is 5.75 Å². The highest BCUT2D eigenvalue weighted by atomic mass is 19.2. The van der Waals surface area contributed by atoms with Crippen molar-refractivity contribution in [3.63, 3.8) is 0 Å². The summed E-state index contributed by atoms with van der Waals surface area (Å²) in [6.45, 7) is 6.18. The summed E-state index contributed by atoms with van der Waals surface area (Å²) in [5.74, 6) is -5.66. The fourth-order valence-corrected chi connectivity index (χ4v) is 3.80. The van der Waals surface area contributed by atoms with E-state index < -0.39 is 40.9 Å². The summed E-state index contributed by atoms with van der Waals surface area (Å²) >= 11 is 0. The molecule has 3 rings (SSSR count). The number of aromatic hydroxyl groups is 1. The van der Waals surface area contributed by atoms with Gasteiger partial charge in [-0.05, 0) is 69.2 Å². The van der Waals surface area contributed by atoms with Crippen LogP contribution < -0.4 is 5.32 Å². The zero-order chi connectivity index (χ0) is 24.7. The second-order valence-corrected chi connectivity index (χ2v) is 8.17. The second kappa shape index (κ2) is 8.65. The van der Waals surface area contributed by atoms with Crippen LogP contribution in [0.5, 0.6) is 5.75 Å². The Morgan fingerprint density at radius 3 is 2.36 bits per heavy atom. The van der Waals surface area contributed by atoms with E-state index in [0.29, 0.717) is 22.2 Å². The molecule has 0 spiro atoms. The van der Waals surface area contributed by atoms with Crippen LogP contribution in [0.2, 0.25) is 0 Å². The van der Waals surface area contributed by atoms with Gasteiger partial charge >= 0.3 is 5.97 Å². The number of carbonyl (C=O) groups is 3. The van der Waals surface area contributed by atoms with Gasteiger partial charge in [0.1, 0.15) is 11.3 Å². The zero-order valence-corrected chi connectivity index (χ0v) is 18.6. The highest BCUT2D eigenvalue weighted by Crippen LogP contribution is 2.35. The molecule has 0 aliphatic heterocycles. The quantitative estimate of drug-likeness (QED) is 0.516. The van der Waals surface area contributed by atoms with E-state index in [1.165, 1.54) is 29.7 Å². The highest BCUT2D eigenvalue weighted by Gasteiger charge is 2.36. The van der Waals surface area contributed by atoms with Gasteiger partial charge in [-0.15, -0.1) is 0 Å². The van der Waals surface area contributed by atoms with Gasteiger partial charge in [-0.1, -0.05) is 6.92 Å². The van der Waals surface area contributed by atoms with Gasteiger partial charge in [0.05, 0.1) is 11.4 Å². The number of phenols is 1. The molecule has 3 aromatic rings. The smallest absolute Gasteiger partial charge is 0.329 e. The number of amides is 1. The molecule has 1 amide bonds. The number of rotatable bonds is 6. The summed E-state index contributed by atoms with van der Waals surface area (Å²) in [6.07, 6.45) is 0.150. The van der Waals surface area contributed by atoms with E-state index in [-0.39, 0.29) is 17.7 Å². The number of benzene rings is 2. The lowest BCUT2D eigenvalue weighted by Crippen LogP contribution is -2.52. The number of carbonyl (C=O) groups excluding carboxylic acids is 2. The lowest BCUT2D eigenvalue weighted by molar-refractivity contribution is -0.147. The summed E-state index contributed by atoms with van der Waals surface area (Å²) in [5, 5.41) is 22.5. The summed E-state index contributed by atoms with van der Waals surface area (Å²) in [5.41, 5.74) is -0.484. The predicted molar refractivity (Wildman–Crippen MR) is 117 cm³/mol. The third kappa shape index (κ3) is 4.18. The van der Waals surface area contributed by atoms with Crippen LogP contribution in [-0.4, -0.2) is 38.1 Å². The number of aromatic nitrogens is 1. The van der Waals surface area contributed by atoms with Gasteiger partial charge in [-0.25, -0.2) is 13.6 Å². The van der Waals surface area contributed by atoms with Crippen molar-refractivity contribution >= 4 is 28.7 Å². The van der Waals surface area contributed by atoms with Gasteiger partial charge in [-0.3, -0.25) is 14.2 Å². The van der Waals surface area contributed by atoms with E-state index in [0.717, 1.165) is 18.2 Å². The van der Waals surface area contributed by atoms with Crippen LogP contribution in [0.1, 0.15) is 54.7 Å². The fourth-order valence-electron chi connectivity index (χ4n) is 3.80. The normalized spacial score (nSPS) is 14.0. The first kappa shape index (κ1) is 23.9. The molecular weight excluding hydrogens is 434 g/mol. The average Bonchev–Trinajstić information content (AvgIpc) is 3.04. The van der Waals surface area contributed by atoms with E-state index in [9.17, 15) is 33.4 Å². The van der Waals surface area contributed by atoms with Crippen molar-refractivity contribution in [3.05, 3.63) is 64.9 Å². The molecule has 0 saturated heterocycles. The number of nitrogens with one attached hydrogen (secondary N) is 1. The number of hydrogen-bond donors (Lipinski definition) is 3. The monoisotopic (exact) mass is 458 g/mol. The van der Waals surface area contributed by atoms with Gasteiger partial charge in [0, 0.05) is 16.6 Å². The summed E-state index contributed by atoms with van der Waals surface area (Å²) < 4.78 is 28.4. The van der Waals surface area contributed by atoms with Crippen molar-refractivity contribution in [2.45, 2.75) is 45.6 Å². The molecule has 2 atom stereocenters. The van der Waals surface area contributed by atoms with Gasteiger partial charge < -0.3 is 15.5 Å². The van der Waals surface area contributed by atoms with Gasteiger partial charge in [-0.2, -0.15) is 0 Å². The van der Waals surface area contributed by atoms with Gasteiger partial charge in [0.15, 0.2) is 11.6 Å². The van der Waals surface area contributed by atoms with Crippen LogP contribution in [0.4, 0.5) is 8.78 Å². The van der Waals surface area contributed by atoms with Crippen molar-refractivity contribution in [1.29, 1.82) is 0 Å². The lowest BCUT2D eigenvalue weighted by Gasteiger charge is -2.26. The Morgan fingerprint density at radius 2 is 1.79 bits per heavy atom. The molecule has 0 bridgehead atoms. The van der Waals surface area contributed by atoms with Crippen molar-refractivity contribution in [1.82, 2.24) is 9.88 Å². The predicted octanol–water partition coefficient (Wildman–Crippen LogP) is 4.10. The van der Waals surface area contributed by atoms with E-state index in [4.69, 9.17) is 0 Å². The number of halogens is 2. The van der Waals surface area contributed by atoms with Crippen molar-refractivity contribution in [2.75, 3.05) is 0 Å². The topological polar surface area (TPSA) is 109 Å². The molecule has 2 aromatic carbocycles. The van der Waals surface area contributed by atoms with Crippen molar-refractivity contribution < 1.29 is 33.4 Å². The summed E-state index contributed by atoms with van der Waals surface area (Å²) in [6, 6.07) is 7.04. The first-order chi connectivity index (χ1) is 15.4. The number of carboxylic acids is 1. The molecule has 174 valence electrons. The number of aliphatic carboxylic acids is 1. The lowest BCUT2D eigenvalue weighted by atomic mass is 9.93. The first-order valence-electron chi connectivity index (χ1n) is 10.3. The maximum absolute atomic E-state index is 13.7.